The van der Waals surface area contributed by atoms with Crippen molar-refractivity contribution in [2.24, 2.45) is 0 Å². The fourth-order valence-corrected chi connectivity index (χ4v) is 2.96. The molecule has 21 heavy (non-hydrogen) atoms. The van der Waals surface area contributed by atoms with Gasteiger partial charge in [-0.1, -0.05) is 17.7 Å². The van der Waals surface area contributed by atoms with E-state index in [1.165, 1.54) is 6.33 Å². The Morgan fingerprint density at radius 3 is 3.00 bits per heavy atom. The first-order valence-electron chi connectivity index (χ1n) is 5.73. The van der Waals surface area contributed by atoms with Crippen LogP contribution in [-0.4, -0.2) is 20.8 Å². The Hall–Kier alpha value is -2.45. The first-order valence-corrected chi connectivity index (χ1v) is 6.93. The van der Waals surface area contributed by atoms with Crippen LogP contribution in [0.3, 0.4) is 0 Å². The van der Waals surface area contributed by atoms with Gasteiger partial charge in [-0.15, -0.1) is 11.3 Å². The van der Waals surface area contributed by atoms with Gasteiger partial charge in [-0.05, 0) is 12.1 Å². The Balaban J connectivity index is 1.91. The molecule has 106 valence electrons. The minimum absolute atomic E-state index is 0.0249. The Morgan fingerprint density at radius 2 is 2.29 bits per heavy atom. The van der Waals surface area contributed by atoms with Gasteiger partial charge in [0.1, 0.15) is 10.4 Å². The van der Waals surface area contributed by atoms with Crippen molar-refractivity contribution >= 4 is 51.3 Å². The van der Waals surface area contributed by atoms with Gasteiger partial charge in [-0.3, -0.25) is 14.9 Å². The molecule has 0 bridgehead atoms. The summed E-state index contributed by atoms with van der Waals surface area (Å²) in [5.41, 5.74) is 1.64. The molecule has 1 aromatic carbocycles. The molecular formula is C12H7ClN4O3S. The average Bonchev–Trinajstić information content (AvgIpc) is 3.05. The number of carbonyl (C=O) groups excluding carboxylic acids is 1. The number of imidazole rings is 1. The standard InChI is InChI=1S/C12H7ClN4O3S/c13-11-8(17(19)20)4-9(21-11)12(18)16-7-3-1-2-6-10(7)15-5-14-6/h1-5H,(H,14,15)(H,16,18). The van der Waals surface area contributed by atoms with Crippen LogP contribution in [-0.2, 0) is 0 Å². The van der Waals surface area contributed by atoms with E-state index in [4.69, 9.17) is 11.6 Å². The predicted octanol–water partition coefficient (Wildman–Crippen LogP) is 3.44. The Bertz CT molecular complexity index is 857. The summed E-state index contributed by atoms with van der Waals surface area (Å²) in [5.74, 6) is -0.467. The highest BCUT2D eigenvalue weighted by molar-refractivity contribution is 7.18. The lowest BCUT2D eigenvalue weighted by Crippen LogP contribution is -2.10. The normalized spacial score (nSPS) is 10.7. The van der Waals surface area contributed by atoms with Crippen molar-refractivity contribution in [1.29, 1.82) is 0 Å². The molecular weight excluding hydrogens is 316 g/mol. The summed E-state index contributed by atoms with van der Waals surface area (Å²) in [4.78, 5) is 29.5. The van der Waals surface area contributed by atoms with E-state index in [0.717, 1.165) is 22.9 Å². The van der Waals surface area contributed by atoms with E-state index in [9.17, 15) is 14.9 Å². The molecule has 0 radical (unpaired) electrons. The largest absolute Gasteiger partial charge is 0.345 e. The highest BCUT2D eigenvalue weighted by Crippen LogP contribution is 2.34. The molecule has 0 aliphatic heterocycles. The number of benzene rings is 1. The van der Waals surface area contributed by atoms with Crippen LogP contribution in [0, 0.1) is 10.1 Å². The van der Waals surface area contributed by atoms with Crippen molar-refractivity contribution in [3.63, 3.8) is 0 Å². The van der Waals surface area contributed by atoms with Gasteiger partial charge in [0.15, 0.2) is 4.34 Å². The summed E-state index contributed by atoms with van der Waals surface area (Å²) in [6.07, 6.45) is 1.52. The van der Waals surface area contributed by atoms with Crippen LogP contribution in [0.15, 0.2) is 30.6 Å². The molecule has 0 aliphatic carbocycles. The zero-order chi connectivity index (χ0) is 15.0. The maximum atomic E-state index is 12.1. The first-order chi connectivity index (χ1) is 10.1. The number of para-hydroxylation sites is 1. The average molecular weight is 323 g/mol. The number of amides is 1. The van der Waals surface area contributed by atoms with Gasteiger partial charge < -0.3 is 10.3 Å². The third-order valence-corrected chi connectivity index (χ3v) is 4.12. The number of nitro groups is 1. The summed E-state index contributed by atoms with van der Waals surface area (Å²) < 4.78 is -0.0249. The quantitative estimate of drug-likeness (QED) is 0.569. The SMILES string of the molecule is O=C(Nc1cccc2[nH]cnc12)c1cc([N+](=O)[O-])c(Cl)s1. The van der Waals surface area contributed by atoms with Crippen molar-refractivity contribution in [2.75, 3.05) is 5.32 Å². The number of H-pyrrole nitrogens is 1. The highest BCUT2D eigenvalue weighted by atomic mass is 35.5. The molecule has 2 aromatic heterocycles. The van der Waals surface area contributed by atoms with E-state index >= 15 is 0 Å². The van der Waals surface area contributed by atoms with Gasteiger partial charge in [-0.2, -0.15) is 0 Å². The number of aromatic nitrogens is 2. The fourth-order valence-electron chi connectivity index (χ4n) is 1.85. The van der Waals surface area contributed by atoms with Gasteiger partial charge in [0.25, 0.3) is 11.6 Å². The van der Waals surface area contributed by atoms with E-state index in [1.807, 2.05) is 6.07 Å². The second-order valence-electron chi connectivity index (χ2n) is 4.09. The lowest BCUT2D eigenvalue weighted by molar-refractivity contribution is -0.384. The number of halogens is 1. The minimum Gasteiger partial charge on any atom is -0.345 e. The van der Waals surface area contributed by atoms with Crippen molar-refractivity contribution < 1.29 is 9.72 Å². The first kappa shape index (κ1) is 13.5. The number of hydrogen-bond acceptors (Lipinski definition) is 5. The summed E-state index contributed by atoms with van der Waals surface area (Å²) in [7, 11) is 0. The summed E-state index contributed by atoms with van der Waals surface area (Å²) in [6.45, 7) is 0. The van der Waals surface area contributed by atoms with E-state index in [-0.39, 0.29) is 14.9 Å². The van der Waals surface area contributed by atoms with Crippen LogP contribution in [0.1, 0.15) is 9.67 Å². The molecule has 3 rings (SSSR count). The zero-order valence-corrected chi connectivity index (χ0v) is 11.9. The molecule has 0 fully saturated rings. The molecule has 1 amide bonds. The van der Waals surface area contributed by atoms with E-state index in [1.54, 1.807) is 12.1 Å². The minimum atomic E-state index is -0.621. The van der Waals surface area contributed by atoms with Gasteiger partial charge in [0.2, 0.25) is 0 Å². The topological polar surface area (TPSA) is 101 Å². The molecule has 0 atom stereocenters. The number of carbonyl (C=O) groups is 1. The molecule has 2 heterocycles. The van der Waals surface area contributed by atoms with Crippen molar-refractivity contribution in [3.05, 3.63) is 49.9 Å². The number of anilines is 1. The number of hydrogen-bond donors (Lipinski definition) is 2. The van der Waals surface area contributed by atoms with E-state index in [2.05, 4.69) is 15.3 Å². The monoisotopic (exact) mass is 322 g/mol. The van der Waals surface area contributed by atoms with Crippen molar-refractivity contribution in [1.82, 2.24) is 9.97 Å². The number of nitrogens with zero attached hydrogens (tertiary/aromatic N) is 2. The number of nitrogens with one attached hydrogen (secondary N) is 2. The smallest absolute Gasteiger partial charge is 0.299 e. The Morgan fingerprint density at radius 1 is 1.48 bits per heavy atom. The number of fused-ring (bicyclic) bond motifs is 1. The second-order valence-corrected chi connectivity index (χ2v) is 5.74. The van der Waals surface area contributed by atoms with Crippen LogP contribution in [0.5, 0.6) is 0 Å². The fraction of sp³-hybridized carbons (Fsp3) is 0. The predicted molar refractivity (Wildman–Crippen MR) is 80.0 cm³/mol. The summed E-state index contributed by atoms with van der Waals surface area (Å²) >= 11 is 6.61. The summed E-state index contributed by atoms with van der Waals surface area (Å²) in [6, 6.07) is 6.45. The molecule has 7 nitrogen and oxygen atoms in total. The summed E-state index contributed by atoms with van der Waals surface area (Å²) in [5, 5.41) is 13.4. The van der Waals surface area contributed by atoms with Crippen molar-refractivity contribution in [2.45, 2.75) is 0 Å². The molecule has 3 aromatic rings. The van der Waals surface area contributed by atoms with Crippen molar-refractivity contribution in [3.8, 4) is 0 Å². The highest BCUT2D eigenvalue weighted by Gasteiger charge is 2.21. The van der Waals surface area contributed by atoms with Crippen LogP contribution >= 0.6 is 22.9 Å². The molecule has 0 aliphatic rings. The van der Waals surface area contributed by atoms with Crippen LogP contribution in [0.2, 0.25) is 4.34 Å². The Labute approximate surface area is 126 Å². The molecule has 0 unspecified atom stereocenters. The van der Waals surface area contributed by atoms with Crippen LogP contribution in [0.25, 0.3) is 11.0 Å². The number of rotatable bonds is 3. The molecule has 0 saturated carbocycles. The van der Waals surface area contributed by atoms with Gasteiger partial charge in [0, 0.05) is 6.07 Å². The molecule has 0 spiro atoms. The third kappa shape index (κ3) is 2.46. The number of thiophene rings is 1. The van der Waals surface area contributed by atoms with Crippen LogP contribution < -0.4 is 5.32 Å². The second kappa shape index (κ2) is 5.15. The van der Waals surface area contributed by atoms with E-state index < -0.39 is 10.8 Å². The lowest BCUT2D eigenvalue weighted by atomic mass is 10.2. The number of aromatic amines is 1. The van der Waals surface area contributed by atoms with Gasteiger partial charge in [0.05, 0.1) is 22.5 Å². The zero-order valence-electron chi connectivity index (χ0n) is 10.3. The third-order valence-electron chi connectivity index (χ3n) is 2.79. The lowest BCUT2D eigenvalue weighted by Gasteiger charge is -2.03. The molecule has 0 saturated heterocycles. The maximum Gasteiger partial charge on any atom is 0.299 e. The van der Waals surface area contributed by atoms with Gasteiger partial charge in [-0.25, -0.2) is 4.98 Å². The maximum absolute atomic E-state index is 12.1. The Kier molecular flexibility index (Phi) is 3.32. The molecule has 2 N–H and O–H groups in total. The van der Waals surface area contributed by atoms with Crippen LogP contribution in [0.4, 0.5) is 11.4 Å². The molecule has 9 heteroatoms. The van der Waals surface area contributed by atoms with E-state index in [0.29, 0.717) is 11.2 Å². The van der Waals surface area contributed by atoms with Gasteiger partial charge >= 0.3 is 0 Å².